The molecule has 0 aliphatic carbocycles. The summed E-state index contributed by atoms with van der Waals surface area (Å²) in [7, 11) is 0. The lowest BCUT2D eigenvalue weighted by Crippen LogP contribution is -2.48. The molecule has 1 atom stereocenters. The zero-order valence-electron chi connectivity index (χ0n) is 10.3. The first-order valence-electron chi connectivity index (χ1n) is 5.87. The highest BCUT2D eigenvalue weighted by atomic mass is 19.4. The Hall–Kier alpha value is -2.71. The summed E-state index contributed by atoms with van der Waals surface area (Å²) >= 11 is 0. The maximum Gasteiger partial charge on any atom is 0.416 e. The maximum absolute atomic E-state index is 12.6. The van der Waals surface area contributed by atoms with Crippen molar-refractivity contribution < 1.29 is 18.0 Å². The largest absolute Gasteiger partial charge is 0.416 e. The van der Waals surface area contributed by atoms with E-state index in [1.165, 1.54) is 18.5 Å². The Morgan fingerprint density at radius 1 is 1.29 bits per heavy atom. The predicted octanol–water partition coefficient (Wildman–Crippen LogP) is 1.41. The molecule has 6 nitrogen and oxygen atoms in total. The molecule has 0 bridgehead atoms. The van der Waals surface area contributed by atoms with Gasteiger partial charge in [0.05, 0.1) is 5.56 Å². The fourth-order valence-corrected chi connectivity index (χ4v) is 1.87. The lowest BCUT2D eigenvalue weighted by Gasteiger charge is -2.18. The van der Waals surface area contributed by atoms with Crippen LogP contribution in [0.25, 0.3) is 0 Å². The van der Waals surface area contributed by atoms with Gasteiger partial charge in [-0.25, -0.2) is 4.99 Å². The van der Waals surface area contributed by atoms with Crippen molar-refractivity contribution in [3.05, 3.63) is 29.8 Å². The van der Waals surface area contributed by atoms with Gasteiger partial charge >= 0.3 is 6.18 Å². The van der Waals surface area contributed by atoms with Crippen molar-refractivity contribution in [2.45, 2.75) is 12.2 Å². The first-order chi connectivity index (χ1) is 9.93. The highest BCUT2D eigenvalue weighted by Crippen LogP contribution is 2.30. The molecule has 3 rings (SSSR count). The van der Waals surface area contributed by atoms with Crippen molar-refractivity contribution >= 4 is 29.7 Å². The number of amidine groups is 1. The number of anilines is 1. The topological polar surface area (TPSA) is 78.2 Å². The van der Waals surface area contributed by atoms with Crippen LogP contribution in [0.1, 0.15) is 5.56 Å². The third-order valence-electron chi connectivity index (χ3n) is 2.82. The van der Waals surface area contributed by atoms with Crippen molar-refractivity contribution in [3.8, 4) is 0 Å². The van der Waals surface area contributed by atoms with Crippen LogP contribution in [0.3, 0.4) is 0 Å². The van der Waals surface area contributed by atoms with Crippen LogP contribution in [0, 0.1) is 0 Å². The molecule has 0 saturated heterocycles. The maximum atomic E-state index is 12.6. The van der Waals surface area contributed by atoms with E-state index in [4.69, 9.17) is 0 Å². The smallest absolute Gasteiger partial charge is 0.326 e. The Morgan fingerprint density at radius 3 is 2.86 bits per heavy atom. The number of amides is 1. The number of hydrogen-bond acceptors (Lipinski definition) is 5. The molecule has 0 saturated carbocycles. The van der Waals surface area contributed by atoms with Gasteiger partial charge in [0.1, 0.15) is 6.34 Å². The first-order valence-corrected chi connectivity index (χ1v) is 5.87. The van der Waals surface area contributed by atoms with Gasteiger partial charge in [0, 0.05) is 5.69 Å². The summed E-state index contributed by atoms with van der Waals surface area (Å²) in [5.41, 5.74) is -0.642. The number of rotatable bonds is 1. The van der Waals surface area contributed by atoms with E-state index >= 15 is 0 Å². The number of carbonyl (C=O) groups is 1. The average Bonchev–Trinajstić information content (AvgIpc) is 2.87. The van der Waals surface area contributed by atoms with Crippen LogP contribution >= 0.6 is 0 Å². The molecule has 2 aliphatic heterocycles. The molecule has 2 heterocycles. The van der Waals surface area contributed by atoms with Crippen LogP contribution in [-0.4, -0.2) is 30.1 Å². The average molecular weight is 295 g/mol. The number of nitrogens with zero attached hydrogens (tertiary/aromatic N) is 3. The van der Waals surface area contributed by atoms with Gasteiger partial charge in [0.25, 0.3) is 5.91 Å². The number of aliphatic imine (C=N–C) groups is 3. The van der Waals surface area contributed by atoms with Gasteiger partial charge in [0.15, 0.2) is 11.9 Å². The quantitative estimate of drug-likeness (QED) is 0.821. The lowest BCUT2D eigenvalue weighted by molar-refractivity contribution is -0.137. The monoisotopic (exact) mass is 295 g/mol. The minimum absolute atomic E-state index is 0.0137. The Labute approximate surface area is 116 Å². The summed E-state index contributed by atoms with van der Waals surface area (Å²) in [6.45, 7) is 0. The fourth-order valence-electron chi connectivity index (χ4n) is 1.87. The van der Waals surface area contributed by atoms with Crippen molar-refractivity contribution in [2.24, 2.45) is 15.0 Å². The molecule has 0 radical (unpaired) electrons. The van der Waals surface area contributed by atoms with E-state index in [1.807, 2.05) is 0 Å². The number of nitrogens with one attached hydrogen (secondary N) is 2. The summed E-state index contributed by atoms with van der Waals surface area (Å²) in [6, 6.07) is 3.79. The second kappa shape index (κ2) is 4.69. The fraction of sp³-hybridized carbons (Fsp3) is 0.167. The molecule has 21 heavy (non-hydrogen) atoms. The molecule has 1 unspecified atom stereocenters. The van der Waals surface area contributed by atoms with E-state index in [0.29, 0.717) is 0 Å². The van der Waals surface area contributed by atoms with Gasteiger partial charge in [-0.3, -0.25) is 15.1 Å². The normalized spacial score (nSPS) is 20.5. The molecule has 1 aromatic rings. The molecule has 1 aromatic carbocycles. The molecular weight excluding hydrogens is 287 g/mol. The Morgan fingerprint density at radius 2 is 2.10 bits per heavy atom. The van der Waals surface area contributed by atoms with Crippen molar-refractivity contribution in [2.75, 3.05) is 5.32 Å². The highest BCUT2D eigenvalue weighted by Gasteiger charge is 2.32. The molecular formula is C12H8F3N5O. The first kappa shape index (κ1) is 13.3. The van der Waals surface area contributed by atoms with Crippen molar-refractivity contribution in [3.63, 3.8) is 0 Å². The van der Waals surface area contributed by atoms with Crippen LogP contribution in [0.2, 0.25) is 0 Å². The number of guanidine groups is 1. The summed E-state index contributed by atoms with van der Waals surface area (Å²) in [5.74, 6) is -0.222. The predicted molar refractivity (Wildman–Crippen MR) is 70.4 cm³/mol. The van der Waals surface area contributed by atoms with E-state index in [0.717, 1.165) is 12.1 Å². The van der Waals surface area contributed by atoms with Gasteiger partial charge < -0.3 is 5.32 Å². The highest BCUT2D eigenvalue weighted by molar-refractivity contribution is 6.24. The van der Waals surface area contributed by atoms with Gasteiger partial charge in [-0.15, -0.1) is 0 Å². The molecule has 0 fully saturated rings. The number of fused-ring (bicyclic) bond motifs is 1. The SMILES string of the molecule is O=C1NC(Nc2cccc(C(F)(F)F)c2)=NC2=NC=NC12. The van der Waals surface area contributed by atoms with Gasteiger partial charge in [-0.2, -0.15) is 18.2 Å². The van der Waals surface area contributed by atoms with Crippen LogP contribution in [0.4, 0.5) is 18.9 Å². The number of halogens is 3. The van der Waals surface area contributed by atoms with E-state index in [2.05, 4.69) is 25.6 Å². The number of alkyl halides is 3. The summed E-state index contributed by atoms with van der Waals surface area (Å²) < 4.78 is 37.9. The standard InChI is InChI=1S/C12H8F3N5O/c13-12(14,15)6-2-1-3-7(4-6)18-11-19-9-8(10(21)20-11)16-5-17-9/h1-5,8H,(H2,16,17,18,19,20,21). The minimum atomic E-state index is -4.44. The second-order valence-corrected chi connectivity index (χ2v) is 4.31. The molecule has 108 valence electrons. The molecule has 2 aliphatic rings. The second-order valence-electron chi connectivity index (χ2n) is 4.31. The molecule has 0 spiro atoms. The van der Waals surface area contributed by atoms with E-state index in [1.54, 1.807) is 0 Å². The molecule has 9 heteroatoms. The Kier molecular flexibility index (Phi) is 2.96. The summed E-state index contributed by atoms with van der Waals surface area (Å²) in [4.78, 5) is 23.3. The zero-order valence-corrected chi connectivity index (χ0v) is 10.3. The lowest BCUT2D eigenvalue weighted by atomic mass is 10.2. The van der Waals surface area contributed by atoms with Crippen molar-refractivity contribution in [1.29, 1.82) is 0 Å². The third-order valence-corrected chi connectivity index (χ3v) is 2.82. The Balaban J connectivity index is 1.83. The van der Waals surface area contributed by atoms with Gasteiger partial charge in [0.2, 0.25) is 5.96 Å². The van der Waals surface area contributed by atoms with Crippen LogP contribution in [0.5, 0.6) is 0 Å². The van der Waals surface area contributed by atoms with Crippen LogP contribution in [0.15, 0.2) is 39.2 Å². The van der Waals surface area contributed by atoms with Crippen LogP contribution < -0.4 is 10.6 Å². The minimum Gasteiger partial charge on any atom is -0.326 e. The van der Waals surface area contributed by atoms with E-state index in [9.17, 15) is 18.0 Å². The van der Waals surface area contributed by atoms with E-state index in [-0.39, 0.29) is 17.5 Å². The number of hydrogen-bond donors (Lipinski definition) is 2. The van der Waals surface area contributed by atoms with Gasteiger partial charge in [-0.1, -0.05) is 6.07 Å². The van der Waals surface area contributed by atoms with E-state index < -0.39 is 23.7 Å². The van der Waals surface area contributed by atoms with Crippen LogP contribution in [-0.2, 0) is 11.0 Å². The Bertz CT molecular complexity index is 692. The molecule has 0 aromatic heterocycles. The zero-order chi connectivity index (χ0) is 15.0. The van der Waals surface area contributed by atoms with Crippen molar-refractivity contribution in [1.82, 2.24) is 5.32 Å². The van der Waals surface area contributed by atoms with Gasteiger partial charge in [-0.05, 0) is 18.2 Å². The number of carbonyl (C=O) groups excluding carboxylic acids is 1. The molecule has 2 N–H and O–H groups in total. The summed E-state index contributed by atoms with van der Waals surface area (Å²) in [5, 5.41) is 5.04. The summed E-state index contributed by atoms with van der Waals surface area (Å²) in [6.07, 6.45) is -3.22. The number of benzene rings is 1. The third kappa shape index (κ3) is 2.62. The molecule has 1 amide bonds.